The third-order valence-corrected chi connectivity index (χ3v) is 4.42. The molecule has 1 atom stereocenters. The molecule has 2 N–H and O–H groups in total. The van der Waals surface area contributed by atoms with Crippen molar-refractivity contribution in [3.8, 4) is 0 Å². The first-order valence-electron chi connectivity index (χ1n) is 9.60. The normalized spacial score (nSPS) is 12.7. The van der Waals surface area contributed by atoms with Gasteiger partial charge in [0.25, 0.3) is 0 Å². The molecule has 4 heteroatoms. The Morgan fingerprint density at radius 3 is 2.17 bits per heavy atom. The van der Waals surface area contributed by atoms with Crippen LogP contribution in [-0.4, -0.2) is 27.5 Å². The van der Waals surface area contributed by atoms with Gasteiger partial charge in [0.2, 0.25) is 6.33 Å². The summed E-state index contributed by atoms with van der Waals surface area (Å²) in [4.78, 5) is 0. The molecule has 1 aromatic heterocycles. The van der Waals surface area contributed by atoms with Gasteiger partial charge in [0.15, 0.2) is 0 Å². The molecule has 1 heterocycles. The van der Waals surface area contributed by atoms with Crippen molar-refractivity contribution >= 4 is 0 Å². The minimum absolute atomic E-state index is 0.149. The Kier molecular flexibility index (Phi) is 11.9. The number of imidazole rings is 1. The molecule has 0 fully saturated rings. The lowest BCUT2D eigenvalue weighted by Gasteiger charge is -2.08. The quantitative estimate of drug-likeness (QED) is 0.383. The summed E-state index contributed by atoms with van der Waals surface area (Å²) in [5.74, 6) is 0. The fraction of sp³-hybridized carbons (Fsp3) is 0.842. The molecular formula is C19H37N2O2+. The van der Waals surface area contributed by atoms with Crippen molar-refractivity contribution in [3.63, 3.8) is 0 Å². The Morgan fingerprint density at radius 1 is 0.957 bits per heavy atom. The van der Waals surface area contributed by atoms with Gasteiger partial charge < -0.3 is 10.2 Å². The molecule has 0 aliphatic heterocycles. The lowest BCUT2D eigenvalue weighted by atomic mass is 10.0. The van der Waals surface area contributed by atoms with Crippen molar-refractivity contribution in [1.82, 2.24) is 4.57 Å². The number of aliphatic hydroxyl groups is 2. The predicted molar refractivity (Wildman–Crippen MR) is 94.2 cm³/mol. The first-order valence-corrected chi connectivity index (χ1v) is 9.60. The number of hydrogen-bond donors (Lipinski definition) is 2. The Bertz CT molecular complexity index is 379. The lowest BCUT2D eigenvalue weighted by molar-refractivity contribution is -0.703. The van der Waals surface area contributed by atoms with Gasteiger partial charge in [0, 0.05) is 0 Å². The third-order valence-electron chi connectivity index (χ3n) is 4.42. The molecule has 0 spiro atoms. The van der Waals surface area contributed by atoms with Crippen LogP contribution >= 0.6 is 0 Å². The number of rotatable bonds is 15. The molecule has 1 unspecified atom stereocenters. The smallest absolute Gasteiger partial charge is 0.243 e. The van der Waals surface area contributed by atoms with E-state index in [2.05, 4.69) is 6.92 Å². The van der Waals surface area contributed by atoms with E-state index in [4.69, 9.17) is 5.11 Å². The van der Waals surface area contributed by atoms with E-state index in [9.17, 15) is 5.11 Å². The van der Waals surface area contributed by atoms with Crippen LogP contribution in [0.5, 0.6) is 0 Å². The maximum Gasteiger partial charge on any atom is 0.243 e. The average molecular weight is 326 g/mol. The molecule has 0 saturated heterocycles. The van der Waals surface area contributed by atoms with Gasteiger partial charge in [-0.3, -0.25) is 0 Å². The maximum absolute atomic E-state index is 10.1. The van der Waals surface area contributed by atoms with E-state index >= 15 is 0 Å². The molecule has 0 aliphatic rings. The van der Waals surface area contributed by atoms with Crippen molar-refractivity contribution in [3.05, 3.63) is 18.7 Å². The first kappa shape index (κ1) is 20.2. The van der Waals surface area contributed by atoms with E-state index in [0.29, 0.717) is 13.1 Å². The summed E-state index contributed by atoms with van der Waals surface area (Å²) in [6.45, 7) is 3.67. The zero-order valence-corrected chi connectivity index (χ0v) is 15.0. The monoisotopic (exact) mass is 325 g/mol. The summed E-state index contributed by atoms with van der Waals surface area (Å²) in [7, 11) is 0. The second-order valence-corrected chi connectivity index (χ2v) is 6.70. The Labute approximate surface area is 142 Å². The number of hydrogen-bond acceptors (Lipinski definition) is 2. The summed E-state index contributed by atoms with van der Waals surface area (Å²) >= 11 is 0. The van der Waals surface area contributed by atoms with Gasteiger partial charge in [0.1, 0.15) is 25.5 Å². The van der Waals surface area contributed by atoms with Crippen LogP contribution in [0.1, 0.15) is 77.6 Å². The summed E-state index contributed by atoms with van der Waals surface area (Å²) in [6.07, 6.45) is 19.8. The van der Waals surface area contributed by atoms with E-state index in [0.717, 1.165) is 12.8 Å². The van der Waals surface area contributed by atoms with Crippen LogP contribution in [0.25, 0.3) is 0 Å². The van der Waals surface area contributed by atoms with Gasteiger partial charge in [-0.15, -0.1) is 0 Å². The van der Waals surface area contributed by atoms with Crippen molar-refractivity contribution in [1.29, 1.82) is 0 Å². The highest BCUT2D eigenvalue weighted by Gasteiger charge is 2.10. The minimum Gasteiger partial charge on any atom is -0.392 e. The molecular weight excluding hydrogens is 288 g/mol. The maximum atomic E-state index is 10.1. The molecule has 0 amide bonds. The molecule has 134 valence electrons. The van der Waals surface area contributed by atoms with Gasteiger partial charge in [0.05, 0.1) is 12.7 Å². The number of nitrogens with zero attached hydrogens (tertiary/aromatic N) is 2. The van der Waals surface area contributed by atoms with Gasteiger partial charge in [-0.25, -0.2) is 9.13 Å². The highest BCUT2D eigenvalue weighted by atomic mass is 16.3. The molecule has 0 saturated carbocycles. The molecule has 23 heavy (non-hydrogen) atoms. The first-order chi connectivity index (χ1) is 11.3. The molecule has 0 bridgehead atoms. The highest BCUT2D eigenvalue weighted by molar-refractivity contribution is 4.66. The van der Waals surface area contributed by atoms with Crippen LogP contribution in [-0.2, 0) is 13.1 Å². The Hall–Kier alpha value is -0.870. The van der Waals surface area contributed by atoms with Crippen molar-refractivity contribution < 1.29 is 14.8 Å². The van der Waals surface area contributed by atoms with E-state index in [1.54, 1.807) is 0 Å². The van der Waals surface area contributed by atoms with Crippen LogP contribution in [0.3, 0.4) is 0 Å². The lowest BCUT2D eigenvalue weighted by Crippen LogP contribution is -2.38. The average Bonchev–Trinajstić information content (AvgIpc) is 2.96. The van der Waals surface area contributed by atoms with Crippen LogP contribution in [0.2, 0.25) is 0 Å². The van der Waals surface area contributed by atoms with E-state index in [1.165, 1.54) is 57.8 Å². The zero-order chi connectivity index (χ0) is 16.8. The van der Waals surface area contributed by atoms with Crippen LogP contribution < -0.4 is 4.57 Å². The van der Waals surface area contributed by atoms with Crippen molar-refractivity contribution in [2.24, 2.45) is 0 Å². The van der Waals surface area contributed by atoms with Gasteiger partial charge >= 0.3 is 0 Å². The molecule has 4 nitrogen and oxygen atoms in total. The summed E-state index contributed by atoms with van der Waals surface area (Å²) in [6, 6.07) is 0. The fourth-order valence-electron chi connectivity index (χ4n) is 3.00. The topological polar surface area (TPSA) is 49.3 Å². The predicted octanol–water partition coefficient (Wildman–Crippen LogP) is 3.44. The second-order valence-electron chi connectivity index (χ2n) is 6.70. The largest absolute Gasteiger partial charge is 0.392 e. The van der Waals surface area contributed by atoms with E-state index in [-0.39, 0.29) is 12.7 Å². The van der Waals surface area contributed by atoms with Crippen molar-refractivity contribution in [2.45, 2.75) is 96.7 Å². The standard InChI is InChI=1S/C19H37N2O2/c1-2-3-4-5-6-7-8-9-10-11-12-19(23)17-21-14-13-20(18-21)15-16-22/h13-14,18-19,22-23H,2-12,15-17H2,1H3/q+1. The van der Waals surface area contributed by atoms with Crippen LogP contribution in [0.4, 0.5) is 0 Å². The summed E-state index contributed by atoms with van der Waals surface area (Å²) < 4.78 is 3.93. The Balaban J connectivity index is 1.94. The van der Waals surface area contributed by atoms with Crippen LogP contribution in [0.15, 0.2) is 18.7 Å². The molecule has 0 radical (unpaired) electrons. The van der Waals surface area contributed by atoms with Gasteiger partial charge in [-0.1, -0.05) is 71.1 Å². The molecule has 0 aromatic carbocycles. The highest BCUT2D eigenvalue weighted by Crippen LogP contribution is 2.12. The number of unbranched alkanes of at least 4 members (excludes halogenated alkanes) is 9. The number of aliphatic hydroxyl groups excluding tert-OH is 2. The molecule has 1 aromatic rings. The molecule has 0 aliphatic carbocycles. The third kappa shape index (κ3) is 10.5. The number of aromatic nitrogens is 2. The second kappa shape index (κ2) is 13.6. The van der Waals surface area contributed by atoms with E-state index in [1.807, 2.05) is 27.9 Å². The minimum atomic E-state index is -0.265. The zero-order valence-electron chi connectivity index (χ0n) is 15.0. The fourth-order valence-corrected chi connectivity index (χ4v) is 3.00. The van der Waals surface area contributed by atoms with Crippen molar-refractivity contribution in [2.75, 3.05) is 6.61 Å². The van der Waals surface area contributed by atoms with Gasteiger partial charge in [-0.05, 0) is 6.42 Å². The molecule has 1 rings (SSSR count). The Morgan fingerprint density at radius 2 is 1.57 bits per heavy atom. The summed E-state index contributed by atoms with van der Waals surface area (Å²) in [5.41, 5.74) is 0. The van der Waals surface area contributed by atoms with Crippen LogP contribution in [0, 0.1) is 0 Å². The SMILES string of the molecule is CCCCCCCCCCCCC(O)C[n+]1ccn(CCO)c1. The van der Waals surface area contributed by atoms with Gasteiger partial charge in [-0.2, -0.15) is 0 Å². The van der Waals surface area contributed by atoms with E-state index < -0.39 is 0 Å². The summed E-state index contributed by atoms with van der Waals surface area (Å²) in [5, 5.41) is 19.0.